The summed E-state index contributed by atoms with van der Waals surface area (Å²) in [5.74, 6) is -2.50. The van der Waals surface area contributed by atoms with Crippen molar-refractivity contribution in [2.45, 2.75) is 20.8 Å². The van der Waals surface area contributed by atoms with Gasteiger partial charge < -0.3 is 9.47 Å². The van der Waals surface area contributed by atoms with E-state index in [1.165, 1.54) is 6.21 Å². The molecule has 0 N–H and O–H groups in total. The molecule has 0 aliphatic carbocycles. The molecule has 0 saturated carbocycles. The molecule has 0 fully saturated rings. The van der Waals surface area contributed by atoms with Gasteiger partial charge in [-0.05, 0) is 32.9 Å². The fraction of sp³-hybridized carbons (Fsp3) is 0.429. The number of hydrogen-bond acceptors (Lipinski definition) is 6. The summed E-state index contributed by atoms with van der Waals surface area (Å²) < 4.78 is 9.66. The zero-order valence-electron chi connectivity index (χ0n) is 11.8. The number of esters is 2. The van der Waals surface area contributed by atoms with E-state index in [0.29, 0.717) is 5.69 Å². The number of hydrogen-bond donors (Lipinski definition) is 0. The van der Waals surface area contributed by atoms with Crippen molar-refractivity contribution in [2.75, 3.05) is 13.2 Å². The molecule has 0 unspecified atom stereocenters. The van der Waals surface area contributed by atoms with Gasteiger partial charge >= 0.3 is 11.9 Å². The topological polar surface area (TPSA) is 77.9 Å². The first kappa shape index (κ1) is 15.8. The van der Waals surface area contributed by atoms with Crippen molar-refractivity contribution in [1.29, 1.82) is 0 Å². The maximum atomic E-state index is 11.7. The summed E-state index contributed by atoms with van der Waals surface area (Å²) in [6, 6.07) is 3.53. The van der Waals surface area contributed by atoms with E-state index >= 15 is 0 Å². The molecule has 1 aromatic heterocycles. The quantitative estimate of drug-likeness (QED) is 0.450. The molecule has 0 radical (unpaired) electrons. The SMILES string of the molecule is CCOC(=O)C(C=Nc1ccc(C)nc1)C(=O)OCC. The van der Waals surface area contributed by atoms with Gasteiger partial charge in [0, 0.05) is 11.9 Å². The van der Waals surface area contributed by atoms with Crippen molar-refractivity contribution in [3.8, 4) is 0 Å². The molecule has 6 nitrogen and oxygen atoms in total. The molecule has 0 aromatic carbocycles. The second-order valence-electron chi connectivity index (χ2n) is 3.92. The Bertz CT molecular complexity index is 464. The van der Waals surface area contributed by atoms with Crippen LogP contribution in [-0.2, 0) is 19.1 Å². The number of aromatic nitrogens is 1. The lowest BCUT2D eigenvalue weighted by Crippen LogP contribution is -2.29. The summed E-state index contributed by atoms with van der Waals surface area (Å²) in [7, 11) is 0. The zero-order chi connectivity index (χ0) is 15.0. The molecule has 0 spiro atoms. The summed E-state index contributed by atoms with van der Waals surface area (Å²) in [4.78, 5) is 31.5. The van der Waals surface area contributed by atoms with Crippen LogP contribution in [0.4, 0.5) is 5.69 Å². The monoisotopic (exact) mass is 278 g/mol. The van der Waals surface area contributed by atoms with Crippen LogP contribution in [0, 0.1) is 12.8 Å². The van der Waals surface area contributed by atoms with Crippen molar-refractivity contribution in [2.24, 2.45) is 10.9 Å². The predicted octanol–water partition coefficient (Wildman–Crippen LogP) is 1.83. The van der Waals surface area contributed by atoms with E-state index in [9.17, 15) is 9.59 Å². The van der Waals surface area contributed by atoms with Crippen LogP contribution < -0.4 is 0 Å². The molecular weight excluding hydrogens is 260 g/mol. The molecule has 0 aliphatic rings. The van der Waals surface area contributed by atoms with Crippen LogP contribution in [0.5, 0.6) is 0 Å². The Morgan fingerprint density at radius 1 is 1.25 bits per heavy atom. The third kappa shape index (κ3) is 4.79. The van der Waals surface area contributed by atoms with Crippen LogP contribution in [0.3, 0.4) is 0 Å². The van der Waals surface area contributed by atoms with Crippen LogP contribution in [0.15, 0.2) is 23.3 Å². The summed E-state index contributed by atoms with van der Waals surface area (Å²) in [6.07, 6.45) is 2.78. The lowest BCUT2D eigenvalue weighted by atomic mass is 10.2. The second-order valence-corrected chi connectivity index (χ2v) is 3.92. The van der Waals surface area contributed by atoms with Gasteiger partial charge in [0.1, 0.15) is 0 Å². The molecule has 20 heavy (non-hydrogen) atoms. The number of nitrogens with zero attached hydrogens (tertiary/aromatic N) is 2. The largest absolute Gasteiger partial charge is 0.465 e. The Kier molecular flexibility index (Phi) is 6.36. The number of aryl methyl sites for hydroxylation is 1. The van der Waals surface area contributed by atoms with Crippen LogP contribution in [-0.4, -0.2) is 36.4 Å². The molecule has 0 atom stereocenters. The number of pyridine rings is 1. The third-order valence-corrected chi connectivity index (χ3v) is 2.35. The standard InChI is InChI=1S/C14H18N2O4/c1-4-19-13(17)12(14(18)20-5-2)9-16-11-7-6-10(3)15-8-11/h6-9,12H,4-5H2,1-3H3. The van der Waals surface area contributed by atoms with E-state index in [1.807, 2.05) is 6.92 Å². The zero-order valence-corrected chi connectivity index (χ0v) is 11.8. The van der Waals surface area contributed by atoms with Gasteiger partial charge in [0.25, 0.3) is 0 Å². The minimum Gasteiger partial charge on any atom is -0.465 e. The molecule has 6 heteroatoms. The maximum Gasteiger partial charge on any atom is 0.325 e. The van der Waals surface area contributed by atoms with Gasteiger partial charge in [-0.3, -0.25) is 19.6 Å². The van der Waals surface area contributed by atoms with Crippen molar-refractivity contribution >= 4 is 23.8 Å². The average Bonchev–Trinajstić information content (AvgIpc) is 2.42. The summed E-state index contributed by atoms with van der Waals surface area (Å²) in [5.41, 5.74) is 1.41. The molecule has 0 bridgehead atoms. The minimum atomic E-state index is -1.16. The first-order valence-electron chi connectivity index (χ1n) is 6.38. The maximum absolute atomic E-state index is 11.7. The number of ether oxygens (including phenoxy) is 2. The lowest BCUT2D eigenvalue weighted by Gasteiger charge is -2.09. The van der Waals surface area contributed by atoms with Crippen LogP contribution in [0.2, 0.25) is 0 Å². The van der Waals surface area contributed by atoms with Gasteiger partial charge in [-0.1, -0.05) is 0 Å². The van der Waals surface area contributed by atoms with E-state index < -0.39 is 17.9 Å². The molecule has 108 valence electrons. The fourth-order valence-electron chi connectivity index (χ4n) is 1.38. The summed E-state index contributed by atoms with van der Waals surface area (Å²) in [5, 5.41) is 0. The highest BCUT2D eigenvalue weighted by Crippen LogP contribution is 2.11. The molecule has 0 aliphatic heterocycles. The van der Waals surface area contributed by atoms with Crippen molar-refractivity contribution < 1.29 is 19.1 Å². The Labute approximate surface area is 117 Å². The van der Waals surface area contributed by atoms with E-state index in [4.69, 9.17) is 9.47 Å². The number of aliphatic imine (C=N–C) groups is 1. The van der Waals surface area contributed by atoms with Gasteiger partial charge in [0.2, 0.25) is 0 Å². The minimum absolute atomic E-state index is 0.189. The Morgan fingerprint density at radius 2 is 1.85 bits per heavy atom. The molecule has 0 saturated heterocycles. The third-order valence-electron chi connectivity index (χ3n) is 2.35. The molecule has 1 heterocycles. The van der Waals surface area contributed by atoms with Crippen molar-refractivity contribution in [3.63, 3.8) is 0 Å². The predicted molar refractivity (Wildman–Crippen MR) is 73.9 cm³/mol. The summed E-state index contributed by atoms with van der Waals surface area (Å²) >= 11 is 0. The highest BCUT2D eigenvalue weighted by atomic mass is 16.6. The highest BCUT2D eigenvalue weighted by Gasteiger charge is 2.27. The van der Waals surface area contributed by atoms with Gasteiger partial charge in [-0.15, -0.1) is 0 Å². The Balaban J connectivity index is 2.85. The van der Waals surface area contributed by atoms with Crippen LogP contribution in [0.25, 0.3) is 0 Å². The summed E-state index contributed by atoms with van der Waals surface area (Å²) in [6.45, 7) is 5.57. The highest BCUT2D eigenvalue weighted by molar-refractivity contribution is 6.09. The molecule has 1 aromatic rings. The van der Waals surface area contributed by atoms with E-state index in [2.05, 4.69) is 9.98 Å². The fourth-order valence-corrected chi connectivity index (χ4v) is 1.38. The second kappa shape index (κ2) is 8.04. The molecule has 1 rings (SSSR count). The Hall–Kier alpha value is -2.24. The Morgan fingerprint density at radius 3 is 2.30 bits per heavy atom. The number of carbonyl (C=O) groups is 2. The molecule has 0 amide bonds. The van der Waals surface area contributed by atoms with Crippen molar-refractivity contribution in [1.82, 2.24) is 4.98 Å². The van der Waals surface area contributed by atoms with Gasteiger partial charge in [-0.2, -0.15) is 0 Å². The number of rotatable bonds is 6. The van der Waals surface area contributed by atoms with E-state index in [1.54, 1.807) is 32.2 Å². The van der Waals surface area contributed by atoms with Gasteiger partial charge in [0.05, 0.1) is 25.1 Å². The first-order valence-corrected chi connectivity index (χ1v) is 6.38. The number of carbonyl (C=O) groups excluding carboxylic acids is 2. The van der Waals surface area contributed by atoms with Crippen LogP contribution >= 0.6 is 0 Å². The van der Waals surface area contributed by atoms with E-state index in [-0.39, 0.29) is 13.2 Å². The first-order chi connectivity index (χ1) is 9.58. The van der Waals surface area contributed by atoms with Crippen LogP contribution in [0.1, 0.15) is 19.5 Å². The smallest absolute Gasteiger partial charge is 0.325 e. The van der Waals surface area contributed by atoms with Gasteiger partial charge in [-0.25, -0.2) is 0 Å². The molecular formula is C14H18N2O4. The average molecular weight is 278 g/mol. The van der Waals surface area contributed by atoms with E-state index in [0.717, 1.165) is 5.69 Å². The normalized spacial score (nSPS) is 10.8. The lowest BCUT2D eigenvalue weighted by molar-refractivity contribution is -0.157. The van der Waals surface area contributed by atoms with Crippen molar-refractivity contribution in [3.05, 3.63) is 24.0 Å². The van der Waals surface area contributed by atoms with Gasteiger partial charge in [0.15, 0.2) is 5.92 Å².